The van der Waals surface area contributed by atoms with Crippen molar-refractivity contribution >= 4 is 5.78 Å². The summed E-state index contributed by atoms with van der Waals surface area (Å²) in [6, 6.07) is 6.33. The number of Topliss-reactive ketones (excluding diaryl/α,β-unsaturated/α-hetero) is 1. The van der Waals surface area contributed by atoms with Crippen molar-refractivity contribution in [3.8, 4) is 0 Å². The number of rotatable bonds is 6. The Morgan fingerprint density at radius 3 is 2.68 bits per heavy atom. The predicted octanol–water partition coefficient (Wildman–Crippen LogP) is 2.33. The lowest BCUT2D eigenvalue weighted by atomic mass is 9.97. The molecular weight excluding hydrogens is 238 g/mol. The van der Waals surface area contributed by atoms with Gasteiger partial charge in [-0.3, -0.25) is 9.69 Å². The van der Waals surface area contributed by atoms with E-state index in [1.807, 2.05) is 39.0 Å². The fourth-order valence-electron chi connectivity index (χ4n) is 2.59. The van der Waals surface area contributed by atoms with Crippen LogP contribution in [0.25, 0.3) is 0 Å². The summed E-state index contributed by atoms with van der Waals surface area (Å²) in [4.78, 5) is 14.8. The van der Waals surface area contributed by atoms with Gasteiger partial charge in [-0.15, -0.1) is 0 Å². The van der Waals surface area contributed by atoms with Gasteiger partial charge in [-0.2, -0.15) is 0 Å². The molecule has 1 saturated carbocycles. The Morgan fingerprint density at radius 1 is 1.42 bits per heavy atom. The first-order valence-electron chi connectivity index (χ1n) is 7.02. The second-order valence-electron chi connectivity index (χ2n) is 5.55. The first-order valence-corrected chi connectivity index (χ1v) is 7.02. The van der Waals surface area contributed by atoms with Gasteiger partial charge in [0.1, 0.15) is 0 Å². The van der Waals surface area contributed by atoms with Crippen LogP contribution < -0.4 is 0 Å². The van der Waals surface area contributed by atoms with Gasteiger partial charge in [-0.25, -0.2) is 0 Å². The molecule has 104 valence electrons. The summed E-state index contributed by atoms with van der Waals surface area (Å²) in [6.07, 6.45) is 2.29. The number of ketones is 1. The molecule has 1 N–H and O–H groups in total. The summed E-state index contributed by atoms with van der Waals surface area (Å²) < 4.78 is 0. The SMILES string of the molecule is Cc1ccc(C)c(C(=O)C(C)N(CCO)C2CC2)c1. The predicted molar refractivity (Wildman–Crippen MR) is 76.5 cm³/mol. The minimum absolute atomic E-state index is 0.112. The van der Waals surface area contributed by atoms with Gasteiger partial charge >= 0.3 is 0 Å². The number of carbonyl (C=O) groups is 1. The fourth-order valence-corrected chi connectivity index (χ4v) is 2.59. The van der Waals surface area contributed by atoms with E-state index in [9.17, 15) is 4.79 Å². The number of aliphatic hydroxyl groups is 1. The summed E-state index contributed by atoms with van der Waals surface area (Å²) in [5.41, 5.74) is 2.96. The third kappa shape index (κ3) is 3.23. The highest BCUT2D eigenvalue weighted by Gasteiger charge is 2.35. The maximum Gasteiger partial charge on any atom is 0.179 e. The van der Waals surface area contributed by atoms with Crippen LogP contribution in [0.5, 0.6) is 0 Å². The van der Waals surface area contributed by atoms with E-state index in [1.165, 1.54) is 0 Å². The van der Waals surface area contributed by atoms with Gasteiger partial charge in [0.2, 0.25) is 0 Å². The van der Waals surface area contributed by atoms with E-state index >= 15 is 0 Å². The second-order valence-corrected chi connectivity index (χ2v) is 5.55. The lowest BCUT2D eigenvalue weighted by Crippen LogP contribution is -2.42. The average Bonchev–Trinajstić information content (AvgIpc) is 3.21. The summed E-state index contributed by atoms with van der Waals surface area (Å²) in [5, 5.41) is 9.16. The molecule has 3 heteroatoms. The van der Waals surface area contributed by atoms with E-state index in [4.69, 9.17) is 5.11 Å². The van der Waals surface area contributed by atoms with E-state index in [-0.39, 0.29) is 18.4 Å². The highest BCUT2D eigenvalue weighted by Crippen LogP contribution is 2.29. The van der Waals surface area contributed by atoms with Crippen LogP contribution in [0.3, 0.4) is 0 Å². The lowest BCUT2D eigenvalue weighted by Gasteiger charge is -2.27. The molecule has 3 nitrogen and oxygen atoms in total. The molecule has 0 radical (unpaired) electrons. The standard InChI is InChI=1S/C16H23NO2/c1-11-4-5-12(2)15(10-11)16(19)13(3)17(8-9-18)14-6-7-14/h4-5,10,13-14,18H,6-9H2,1-3H3. The van der Waals surface area contributed by atoms with Crippen molar-refractivity contribution in [3.05, 3.63) is 34.9 Å². The van der Waals surface area contributed by atoms with E-state index < -0.39 is 0 Å². The smallest absolute Gasteiger partial charge is 0.179 e. The molecule has 1 aromatic carbocycles. The number of aryl methyl sites for hydroxylation is 2. The first kappa shape index (κ1) is 14.2. The van der Waals surface area contributed by atoms with Crippen LogP contribution in [0.15, 0.2) is 18.2 Å². The molecule has 1 aliphatic rings. The average molecular weight is 261 g/mol. The lowest BCUT2D eigenvalue weighted by molar-refractivity contribution is 0.0792. The highest BCUT2D eigenvalue weighted by molar-refractivity contribution is 6.01. The summed E-state index contributed by atoms with van der Waals surface area (Å²) >= 11 is 0. The Morgan fingerprint density at radius 2 is 2.11 bits per heavy atom. The largest absolute Gasteiger partial charge is 0.395 e. The van der Waals surface area contributed by atoms with Crippen LogP contribution in [0.1, 0.15) is 41.3 Å². The molecule has 1 fully saturated rings. The van der Waals surface area contributed by atoms with Crippen LogP contribution in [0, 0.1) is 13.8 Å². The third-order valence-corrected chi connectivity index (χ3v) is 3.91. The minimum Gasteiger partial charge on any atom is -0.395 e. The van der Waals surface area contributed by atoms with Crippen molar-refractivity contribution in [3.63, 3.8) is 0 Å². The Labute approximate surface area is 115 Å². The highest BCUT2D eigenvalue weighted by atomic mass is 16.3. The quantitative estimate of drug-likeness (QED) is 0.799. The molecule has 0 spiro atoms. The Balaban J connectivity index is 2.19. The molecule has 0 bridgehead atoms. The van der Waals surface area contributed by atoms with Gasteiger partial charge in [0, 0.05) is 18.2 Å². The van der Waals surface area contributed by atoms with Gasteiger partial charge in [0.05, 0.1) is 12.6 Å². The fraction of sp³-hybridized carbons (Fsp3) is 0.562. The second kappa shape index (κ2) is 5.85. The number of benzene rings is 1. The van der Waals surface area contributed by atoms with Crippen LogP contribution in [0.2, 0.25) is 0 Å². The number of aliphatic hydroxyl groups excluding tert-OH is 1. The zero-order valence-electron chi connectivity index (χ0n) is 12.0. The van der Waals surface area contributed by atoms with Crippen molar-refractivity contribution in [1.29, 1.82) is 0 Å². The van der Waals surface area contributed by atoms with Crippen molar-refractivity contribution in [2.75, 3.05) is 13.2 Å². The summed E-state index contributed by atoms with van der Waals surface area (Å²) in [6.45, 7) is 6.64. The number of carbonyl (C=O) groups excluding carboxylic acids is 1. The molecule has 2 rings (SSSR count). The molecule has 1 unspecified atom stereocenters. The zero-order valence-corrected chi connectivity index (χ0v) is 12.0. The molecule has 0 amide bonds. The van der Waals surface area contributed by atoms with Gasteiger partial charge < -0.3 is 5.11 Å². The number of hydrogen-bond acceptors (Lipinski definition) is 3. The summed E-state index contributed by atoms with van der Waals surface area (Å²) in [7, 11) is 0. The van der Waals surface area contributed by atoms with E-state index in [0.29, 0.717) is 12.6 Å². The molecule has 1 atom stereocenters. The molecular formula is C16H23NO2. The number of nitrogens with zero attached hydrogens (tertiary/aromatic N) is 1. The molecule has 1 aromatic rings. The number of hydrogen-bond donors (Lipinski definition) is 1. The Kier molecular flexibility index (Phi) is 4.38. The van der Waals surface area contributed by atoms with Crippen LogP contribution in [0.4, 0.5) is 0 Å². The van der Waals surface area contributed by atoms with Crippen LogP contribution in [-0.2, 0) is 0 Å². The Hall–Kier alpha value is -1.19. The normalized spacial score (nSPS) is 16.7. The molecule has 1 aliphatic carbocycles. The van der Waals surface area contributed by atoms with Crippen molar-refractivity contribution in [2.24, 2.45) is 0 Å². The summed E-state index contributed by atoms with van der Waals surface area (Å²) in [5.74, 6) is 0.168. The van der Waals surface area contributed by atoms with Crippen molar-refractivity contribution in [1.82, 2.24) is 4.90 Å². The third-order valence-electron chi connectivity index (χ3n) is 3.91. The van der Waals surface area contributed by atoms with Crippen molar-refractivity contribution in [2.45, 2.75) is 45.7 Å². The van der Waals surface area contributed by atoms with Crippen molar-refractivity contribution < 1.29 is 9.90 Å². The first-order chi connectivity index (χ1) is 9.04. The van der Waals surface area contributed by atoms with E-state index in [2.05, 4.69) is 4.90 Å². The van der Waals surface area contributed by atoms with E-state index in [1.54, 1.807) is 0 Å². The minimum atomic E-state index is -0.153. The zero-order chi connectivity index (χ0) is 14.0. The molecule has 19 heavy (non-hydrogen) atoms. The Bertz CT molecular complexity index is 466. The molecule has 0 aliphatic heterocycles. The van der Waals surface area contributed by atoms with Gasteiger partial charge in [-0.1, -0.05) is 17.7 Å². The van der Waals surface area contributed by atoms with E-state index in [0.717, 1.165) is 29.5 Å². The van der Waals surface area contributed by atoms with Gasteiger partial charge in [-0.05, 0) is 45.2 Å². The topological polar surface area (TPSA) is 40.5 Å². The molecule has 0 aromatic heterocycles. The maximum absolute atomic E-state index is 12.6. The van der Waals surface area contributed by atoms with Crippen LogP contribution >= 0.6 is 0 Å². The van der Waals surface area contributed by atoms with Gasteiger partial charge in [0.25, 0.3) is 0 Å². The van der Waals surface area contributed by atoms with Gasteiger partial charge in [0.15, 0.2) is 5.78 Å². The monoisotopic (exact) mass is 261 g/mol. The molecule has 0 saturated heterocycles. The molecule has 0 heterocycles. The van der Waals surface area contributed by atoms with Crippen LogP contribution in [-0.4, -0.2) is 41.0 Å². The maximum atomic E-state index is 12.6.